The first-order valence-corrected chi connectivity index (χ1v) is 8.74. The van der Waals surface area contributed by atoms with Gasteiger partial charge in [0.2, 0.25) is 0 Å². The lowest BCUT2D eigenvalue weighted by Crippen LogP contribution is -1.86. The summed E-state index contributed by atoms with van der Waals surface area (Å²) in [6.07, 6.45) is 1.87. The lowest BCUT2D eigenvalue weighted by atomic mass is 10.1. The molecule has 0 fully saturated rings. The van der Waals surface area contributed by atoms with Crippen molar-refractivity contribution in [2.24, 2.45) is 0 Å². The van der Waals surface area contributed by atoms with Crippen molar-refractivity contribution in [1.82, 2.24) is 0 Å². The third-order valence-electron chi connectivity index (χ3n) is 4.29. The maximum atomic E-state index is 3.74. The molecule has 0 radical (unpaired) electrons. The summed E-state index contributed by atoms with van der Waals surface area (Å²) in [5.74, 6) is 0. The molecule has 1 nitrogen and oxygen atoms in total. The Morgan fingerprint density at radius 2 is 1.27 bits per heavy atom. The van der Waals surface area contributed by atoms with Gasteiger partial charge in [-0.25, -0.2) is 0 Å². The van der Waals surface area contributed by atoms with Crippen molar-refractivity contribution in [3.63, 3.8) is 0 Å². The van der Waals surface area contributed by atoms with Gasteiger partial charge in [0.05, 0.1) is 0 Å². The van der Waals surface area contributed by atoms with Gasteiger partial charge in [-0.3, -0.25) is 0 Å². The van der Waals surface area contributed by atoms with E-state index in [1.54, 1.807) is 0 Å². The zero-order chi connectivity index (χ0) is 18.2. The molecule has 0 aliphatic heterocycles. The van der Waals surface area contributed by atoms with Crippen LogP contribution in [0.5, 0.6) is 0 Å². The van der Waals surface area contributed by atoms with Gasteiger partial charge < -0.3 is 5.32 Å². The summed E-state index contributed by atoms with van der Waals surface area (Å²) in [5, 5.41) is 5.66. The molecule has 0 heterocycles. The second-order valence-corrected chi connectivity index (χ2v) is 6.00. The van der Waals surface area contributed by atoms with E-state index in [-0.39, 0.29) is 0 Å². The molecule has 26 heavy (non-hydrogen) atoms. The van der Waals surface area contributed by atoms with Gasteiger partial charge in [-0.15, -0.1) is 0 Å². The van der Waals surface area contributed by atoms with Crippen LogP contribution in [0.25, 0.3) is 28.0 Å². The number of anilines is 1. The van der Waals surface area contributed by atoms with Crippen LogP contribution in [-0.2, 0) is 0 Å². The molecule has 128 valence electrons. The van der Waals surface area contributed by atoms with E-state index in [0.29, 0.717) is 0 Å². The fourth-order valence-corrected chi connectivity index (χ4v) is 2.79. The minimum Gasteiger partial charge on any atom is -0.388 e. The molecule has 0 atom stereocenters. The summed E-state index contributed by atoms with van der Waals surface area (Å²) >= 11 is 0. The highest BCUT2D eigenvalue weighted by atomic mass is 14.8. The molecular formula is C25H23N. The monoisotopic (exact) mass is 337 g/mol. The van der Waals surface area contributed by atoms with Crippen molar-refractivity contribution in [3.05, 3.63) is 109 Å². The van der Waals surface area contributed by atoms with Gasteiger partial charge in [0.15, 0.2) is 0 Å². The third-order valence-corrected chi connectivity index (χ3v) is 4.29. The Hall–Kier alpha value is -3.32. The summed E-state index contributed by atoms with van der Waals surface area (Å²) in [6.45, 7) is 3.74. The molecule has 0 amide bonds. The van der Waals surface area contributed by atoms with Crippen LogP contribution in [-0.4, -0.2) is 7.05 Å². The first-order chi connectivity index (χ1) is 12.8. The quantitative estimate of drug-likeness (QED) is 0.430. The van der Waals surface area contributed by atoms with Crippen LogP contribution in [0.4, 0.5) is 5.69 Å². The molecule has 4 aromatic rings. The van der Waals surface area contributed by atoms with E-state index >= 15 is 0 Å². The van der Waals surface area contributed by atoms with Crippen LogP contribution in [0.15, 0.2) is 104 Å². The summed E-state index contributed by atoms with van der Waals surface area (Å²) < 4.78 is 0. The van der Waals surface area contributed by atoms with Crippen molar-refractivity contribution in [1.29, 1.82) is 0 Å². The Bertz CT molecular complexity index is 970. The van der Waals surface area contributed by atoms with Crippen LogP contribution in [0.1, 0.15) is 5.56 Å². The topological polar surface area (TPSA) is 12.0 Å². The molecule has 0 bridgehead atoms. The van der Waals surface area contributed by atoms with Crippen molar-refractivity contribution in [2.75, 3.05) is 12.4 Å². The average Bonchev–Trinajstić information content (AvgIpc) is 2.74. The van der Waals surface area contributed by atoms with Crippen molar-refractivity contribution in [2.45, 2.75) is 0 Å². The maximum absolute atomic E-state index is 3.74. The van der Waals surface area contributed by atoms with E-state index in [1.807, 2.05) is 19.2 Å². The maximum Gasteiger partial charge on any atom is 0.0337 e. The summed E-state index contributed by atoms with van der Waals surface area (Å²) in [6, 6.07) is 33.5. The largest absolute Gasteiger partial charge is 0.388 e. The zero-order valence-corrected chi connectivity index (χ0v) is 15.0. The van der Waals surface area contributed by atoms with Crippen LogP contribution in [0.3, 0.4) is 0 Å². The molecule has 0 aliphatic carbocycles. The fraction of sp³-hybridized carbons (Fsp3) is 0.0400. The third kappa shape index (κ3) is 4.40. The minimum atomic E-state index is 1.14. The summed E-state index contributed by atoms with van der Waals surface area (Å²) in [5.41, 5.74) is 4.83. The van der Waals surface area contributed by atoms with Crippen LogP contribution >= 0.6 is 0 Å². The Balaban J connectivity index is 0.000000152. The number of fused-ring (bicyclic) bond motifs is 1. The van der Waals surface area contributed by atoms with Gasteiger partial charge in [-0.2, -0.15) is 0 Å². The molecule has 0 saturated carbocycles. The van der Waals surface area contributed by atoms with E-state index < -0.39 is 0 Å². The van der Waals surface area contributed by atoms with Gasteiger partial charge in [0.25, 0.3) is 0 Å². The van der Waals surface area contributed by atoms with Crippen LogP contribution in [0, 0.1) is 0 Å². The smallest absolute Gasteiger partial charge is 0.0337 e. The van der Waals surface area contributed by atoms with Gasteiger partial charge >= 0.3 is 0 Å². The van der Waals surface area contributed by atoms with Gasteiger partial charge in [0, 0.05) is 12.7 Å². The lowest BCUT2D eigenvalue weighted by molar-refractivity contribution is 1.51. The SMILES string of the molecule is C=Cc1ccc2ccccc2c1.CNc1ccc(-c2ccccc2)cc1. The predicted molar refractivity (Wildman–Crippen MR) is 115 cm³/mol. The van der Waals surface area contributed by atoms with Crippen molar-refractivity contribution >= 4 is 22.5 Å². The van der Waals surface area contributed by atoms with Gasteiger partial charge in [0.1, 0.15) is 0 Å². The normalized spacial score (nSPS) is 9.88. The Kier molecular flexibility index (Phi) is 5.84. The summed E-state index contributed by atoms with van der Waals surface area (Å²) in [7, 11) is 1.93. The van der Waals surface area contributed by atoms with Crippen LogP contribution in [0.2, 0.25) is 0 Å². The average molecular weight is 337 g/mol. The Morgan fingerprint density at radius 3 is 1.92 bits per heavy atom. The molecule has 0 aromatic heterocycles. The number of hydrogen-bond acceptors (Lipinski definition) is 1. The molecule has 0 aliphatic rings. The Morgan fingerprint density at radius 1 is 0.654 bits per heavy atom. The van der Waals surface area contributed by atoms with Crippen LogP contribution < -0.4 is 5.32 Å². The highest BCUT2D eigenvalue weighted by molar-refractivity contribution is 5.84. The molecule has 0 spiro atoms. The van der Waals surface area contributed by atoms with E-state index in [4.69, 9.17) is 0 Å². The Labute approximate surface area is 155 Å². The second kappa shape index (κ2) is 8.68. The first kappa shape index (κ1) is 17.5. The lowest BCUT2D eigenvalue weighted by Gasteiger charge is -2.03. The minimum absolute atomic E-state index is 1.14. The van der Waals surface area contributed by atoms with E-state index in [2.05, 4.69) is 103 Å². The van der Waals surface area contributed by atoms with E-state index in [9.17, 15) is 0 Å². The zero-order valence-electron chi connectivity index (χ0n) is 15.0. The molecule has 0 saturated heterocycles. The van der Waals surface area contributed by atoms with E-state index in [0.717, 1.165) is 5.69 Å². The van der Waals surface area contributed by atoms with Crippen molar-refractivity contribution in [3.8, 4) is 11.1 Å². The number of hydrogen-bond donors (Lipinski definition) is 1. The molecule has 4 rings (SSSR count). The van der Waals surface area contributed by atoms with E-state index in [1.165, 1.54) is 27.5 Å². The standard InChI is InChI=1S/C13H13N.C12H10/c1-14-13-9-7-12(8-10-13)11-5-3-2-4-6-11;1-2-10-7-8-11-5-3-4-6-12(11)9-10/h2-10,14H,1H3;2-9H,1H2. The van der Waals surface area contributed by atoms with Crippen molar-refractivity contribution < 1.29 is 0 Å². The fourth-order valence-electron chi connectivity index (χ4n) is 2.79. The van der Waals surface area contributed by atoms with Gasteiger partial charge in [-0.05, 0) is 45.7 Å². The molecule has 1 heteroatoms. The number of rotatable bonds is 3. The number of benzene rings is 4. The number of nitrogens with one attached hydrogen (secondary N) is 1. The molecule has 4 aromatic carbocycles. The first-order valence-electron chi connectivity index (χ1n) is 8.74. The van der Waals surface area contributed by atoms with Gasteiger partial charge in [-0.1, -0.05) is 91.5 Å². The highest BCUT2D eigenvalue weighted by Crippen LogP contribution is 2.20. The molecule has 1 N–H and O–H groups in total. The highest BCUT2D eigenvalue weighted by Gasteiger charge is 1.95. The molecule has 0 unspecified atom stereocenters. The predicted octanol–water partition coefficient (Wildman–Crippen LogP) is 6.88. The summed E-state index contributed by atoms with van der Waals surface area (Å²) in [4.78, 5) is 0. The molecular weight excluding hydrogens is 314 g/mol. The second-order valence-electron chi connectivity index (χ2n) is 6.00.